The standard InChI is InChI=1S/C18H24N4O2/c1-14-20-21-17(24-14)11-16(23)19-13-18(2)9-6-10-22(18)12-15-7-4-3-5-8-15/h3-5,7-8H,6,9-13H2,1-2H3,(H,19,23). The van der Waals surface area contributed by atoms with E-state index in [0.29, 0.717) is 18.3 Å². The Morgan fingerprint density at radius 3 is 2.83 bits per heavy atom. The van der Waals surface area contributed by atoms with Gasteiger partial charge in [0.2, 0.25) is 17.7 Å². The molecule has 128 valence electrons. The van der Waals surface area contributed by atoms with Gasteiger partial charge in [0.1, 0.15) is 6.42 Å². The van der Waals surface area contributed by atoms with E-state index in [9.17, 15) is 4.79 Å². The van der Waals surface area contributed by atoms with Gasteiger partial charge in [0.05, 0.1) is 0 Å². The quantitative estimate of drug-likeness (QED) is 0.879. The molecule has 2 heterocycles. The fraction of sp³-hybridized carbons (Fsp3) is 0.500. The highest BCUT2D eigenvalue weighted by molar-refractivity contribution is 5.77. The Balaban J connectivity index is 1.55. The van der Waals surface area contributed by atoms with Crippen molar-refractivity contribution in [1.82, 2.24) is 20.4 Å². The van der Waals surface area contributed by atoms with Gasteiger partial charge in [0.15, 0.2) is 0 Å². The van der Waals surface area contributed by atoms with Crippen molar-refractivity contribution in [3.63, 3.8) is 0 Å². The van der Waals surface area contributed by atoms with Crippen LogP contribution in [0.3, 0.4) is 0 Å². The zero-order chi connectivity index (χ0) is 17.0. The van der Waals surface area contributed by atoms with Gasteiger partial charge < -0.3 is 9.73 Å². The van der Waals surface area contributed by atoms with Crippen LogP contribution in [0.5, 0.6) is 0 Å². The van der Waals surface area contributed by atoms with Gasteiger partial charge in [-0.1, -0.05) is 30.3 Å². The molecule has 1 aliphatic heterocycles. The Morgan fingerprint density at radius 1 is 1.33 bits per heavy atom. The predicted molar refractivity (Wildman–Crippen MR) is 90.2 cm³/mol. The number of carbonyl (C=O) groups is 1. The average Bonchev–Trinajstić information content (AvgIpc) is 3.13. The van der Waals surface area contributed by atoms with E-state index in [1.165, 1.54) is 5.56 Å². The van der Waals surface area contributed by atoms with E-state index < -0.39 is 0 Å². The molecule has 1 fully saturated rings. The van der Waals surface area contributed by atoms with Crippen molar-refractivity contribution in [2.24, 2.45) is 0 Å². The summed E-state index contributed by atoms with van der Waals surface area (Å²) >= 11 is 0. The summed E-state index contributed by atoms with van der Waals surface area (Å²) < 4.78 is 5.26. The Morgan fingerprint density at radius 2 is 2.12 bits per heavy atom. The van der Waals surface area contributed by atoms with Crippen LogP contribution in [0.2, 0.25) is 0 Å². The second kappa shape index (κ2) is 7.13. The van der Waals surface area contributed by atoms with Crippen molar-refractivity contribution >= 4 is 5.91 Å². The summed E-state index contributed by atoms with van der Waals surface area (Å²) in [5.41, 5.74) is 1.29. The molecule has 1 atom stereocenters. The molecule has 0 bridgehead atoms. The van der Waals surface area contributed by atoms with E-state index in [1.807, 2.05) is 6.07 Å². The minimum Gasteiger partial charge on any atom is -0.425 e. The molecular weight excluding hydrogens is 304 g/mol. The molecule has 0 aliphatic carbocycles. The molecule has 0 saturated carbocycles. The Bertz CT molecular complexity index is 685. The molecule has 1 saturated heterocycles. The fourth-order valence-electron chi connectivity index (χ4n) is 3.25. The predicted octanol–water partition coefficient (Wildman–Crippen LogP) is 2.09. The van der Waals surface area contributed by atoms with Crippen molar-refractivity contribution in [1.29, 1.82) is 0 Å². The second-order valence-corrected chi connectivity index (χ2v) is 6.68. The number of amides is 1. The molecule has 1 amide bonds. The van der Waals surface area contributed by atoms with E-state index in [4.69, 9.17) is 4.42 Å². The number of aromatic nitrogens is 2. The third kappa shape index (κ3) is 4.00. The smallest absolute Gasteiger partial charge is 0.229 e. The molecule has 1 N–H and O–H groups in total. The first kappa shape index (κ1) is 16.6. The first-order chi connectivity index (χ1) is 11.5. The molecule has 24 heavy (non-hydrogen) atoms. The molecule has 0 spiro atoms. The van der Waals surface area contributed by atoms with Gasteiger partial charge in [-0.15, -0.1) is 10.2 Å². The van der Waals surface area contributed by atoms with E-state index in [1.54, 1.807) is 6.92 Å². The van der Waals surface area contributed by atoms with E-state index in [-0.39, 0.29) is 17.9 Å². The lowest BCUT2D eigenvalue weighted by Gasteiger charge is -2.35. The van der Waals surface area contributed by atoms with Gasteiger partial charge in [0, 0.05) is 25.6 Å². The molecule has 2 aromatic rings. The number of benzene rings is 1. The van der Waals surface area contributed by atoms with Gasteiger partial charge in [-0.3, -0.25) is 9.69 Å². The van der Waals surface area contributed by atoms with Crippen LogP contribution >= 0.6 is 0 Å². The number of rotatable bonds is 6. The van der Waals surface area contributed by atoms with Crippen LogP contribution in [0, 0.1) is 6.92 Å². The van der Waals surface area contributed by atoms with Gasteiger partial charge in [-0.05, 0) is 31.9 Å². The summed E-state index contributed by atoms with van der Waals surface area (Å²) in [6.45, 7) is 6.54. The molecule has 1 aromatic heterocycles. The van der Waals surface area contributed by atoms with Crippen LogP contribution in [0.25, 0.3) is 0 Å². The van der Waals surface area contributed by atoms with Crippen molar-refractivity contribution in [2.75, 3.05) is 13.1 Å². The molecule has 1 aromatic carbocycles. The van der Waals surface area contributed by atoms with Gasteiger partial charge >= 0.3 is 0 Å². The summed E-state index contributed by atoms with van der Waals surface area (Å²) in [7, 11) is 0. The summed E-state index contributed by atoms with van der Waals surface area (Å²) in [5.74, 6) is 0.767. The van der Waals surface area contributed by atoms with Crippen LogP contribution in [0.15, 0.2) is 34.7 Å². The maximum atomic E-state index is 12.1. The SMILES string of the molecule is Cc1nnc(CC(=O)NCC2(C)CCCN2Cc2ccccc2)o1. The van der Waals surface area contributed by atoms with Crippen LogP contribution in [-0.4, -0.2) is 39.6 Å². The Kier molecular flexibility index (Phi) is 4.94. The van der Waals surface area contributed by atoms with Crippen molar-refractivity contribution in [2.45, 2.75) is 45.2 Å². The zero-order valence-electron chi connectivity index (χ0n) is 14.3. The first-order valence-corrected chi connectivity index (χ1v) is 8.40. The summed E-state index contributed by atoms with van der Waals surface area (Å²) in [4.78, 5) is 14.6. The number of likely N-dealkylation sites (tertiary alicyclic amines) is 1. The largest absolute Gasteiger partial charge is 0.425 e. The monoisotopic (exact) mass is 328 g/mol. The maximum absolute atomic E-state index is 12.1. The van der Waals surface area contributed by atoms with Crippen LogP contribution in [0.1, 0.15) is 37.1 Å². The molecular formula is C18H24N4O2. The second-order valence-electron chi connectivity index (χ2n) is 6.68. The molecule has 6 heteroatoms. The molecule has 1 aliphatic rings. The topological polar surface area (TPSA) is 71.3 Å². The van der Waals surface area contributed by atoms with Gasteiger partial charge in [0.25, 0.3) is 0 Å². The average molecular weight is 328 g/mol. The van der Waals surface area contributed by atoms with Gasteiger partial charge in [-0.25, -0.2) is 0 Å². The lowest BCUT2D eigenvalue weighted by Crippen LogP contribution is -2.49. The fourth-order valence-corrected chi connectivity index (χ4v) is 3.25. The maximum Gasteiger partial charge on any atom is 0.229 e. The number of aryl methyl sites for hydroxylation is 1. The third-order valence-corrected chi connectivity index (χ3v) is 4.67. The Hall–Kier alpha value is -2.21. The van der Waals surface area contributed by atoms with Crippen LogP contribution in [-0.2, 0) is 17.8 Å². The lowest BCUT2D eigenvalue weighted by atomic mass is 9.98. The van der Waals surface area contributed by atoms with E-state index >= 15 is 0 Å². The van der Waals surface area contributed by atoms with Crippen LogP contribution < -0.4 is 5.32 Å². The number of hydrogen-bond donors (Lipinski definition) is 1. The van der Waals surface area contributed by atoms with Crippen molar-refractivity contribution < 1.29 is 9.21 Å². The highest BCUT2D eigenvalue weighted by atomic mass is 16.4. The minimum atomic E-state index is -0.0774. The summed E-state index contributed by atoms with van der Waals surface area (Å²) in [6.07, 6.45) is 2.37. The molecule has 3 rings (SSSR count). The zero-order valence-corrected chi connectivity index (χ0v) is 14.3. The molecule has 6 nitrogen and oxygen atoms in total. The lowest BCUT2D eigenvalue weighted by molar-refractivity contribution is -0.121. The van der Waals surface area contributed by atoms with Crippen LogP contribution in [0.4, 0.5) is 0 Å². The highest BCUT2D eigenvalue weighted by Gasteiger charge is 2.36. The molecule has 0 radical (unpaired) electrons. The van der Waals surface area contributed by atoms with E-state index in [0.717, 1.165) is 25.9 Å². The van der Waals surface area contributed by atoms with Crippen molar-refractivity contribution in [3.8, 4) is 0 Å². The number of nitrogens with zero attached hydrogens (tertiary/aromatic N) is 3. The third-order valence-electron chi connectivity index (χ3n) is 4.67. The van der Waals surface area contributed by atoms with Crippen molar-refractivity contribution in [3.05, 3.63) is 47.7 Å². The van der Waals surface area contributed by atoms with E-state index in [2.05, 4.69) is 51.6 Å². The Labute approximate surface area is 142 Å². The summed E-state index contributed by atoms with van der Waals surface area (Å²) in [6, 6.07) is 10.5. The first-order valence-electron chi connectivity index (χ1n) is 8.40. The van der Waals surface area contributed by atoms with Gasteiger partial charge in [-0.2, -0.15) is 0 Å². The number of nitrogens with one attached hydrogen (secondary N) is 1. The number of carbonyl (C=O) groups excluding carboxylic acids is 1. The normalized spacial score (nSPS) is 21.1. The highest BCUT2D eigenvalue weighted by Crippen LogP contribution is 2.30. The molecule has 1 unspecified atom stereocenters. The number of hydrogen-bond acceptors (Lipinski definition) is 5. The summed E-state index contributed by atoms with van der Waals surface area (Å²) in [5, 5.41) is 10.6. The minimum absolute atomic E-state index is 0.0176.